The molecule has 0 spiro atoms. The lowest BCUT2D eigenvalue weighted by molar-refractivity contribution is -0.132. The Morgan fingerprint density at radius 1 is 1.14 bits per heavy atom. The lowest BCUT2D eigenvalue weighted by atomic mass is 9.96. The molecule has 1 fully saturated rings. The standard InChI is InChI=1S/C20H28N6OS/c1-13-16(14(2)22-20(21-13)28-3)8-9-18(27)25-10-4-6-15(12-25)19-24-23-17-7-5-11-26(17)19/h15H,4-12H2,1-3H3. The molecule has 1 unspecified atom stereocenters. The van der Waals surface area contributed by atoms with Crippen molar-refractivity contribution in [3.05, 3.63) is 28.6 Å². The molecular formula is C20H28N6OS. The highest BCUT2D eigenvalue weighted by Gasteiger charge is 2.30. The first-order chi connectivity index (χ1) is 13.6. The maximum absolute atomic E-state index is 12.9. The molecule has 8 heteroatoms. The highest BCUT2D eigenvalue weighted by atomic mass is 32.2. The number of aromatic nitrogens is 5. The van der Waals surface area contributed by atoms with Gasteiger partial charge in [-0.25, -0.2) is 9.97 Å². The molecule has 2 aromatic rings. The summed E-state index contributed by atoms with van der Waals surface area (Å²) in [6.07, 6.45) is 7.49. The molecule has 0 N–H and O–H groups in total. The number of fused-ring (bicyclic) bond motifs is 1. The van der Waals surface area contributed by atoms with E-state index in [9.17, 15) is 4.79 Å². The summed E-state index contributed by atoms with van der Waals surface area (Å²) in [5.74, 6) is 2.72. The number of nitrogens with zero attached hydrogens (tertiary/aromatic N) is 6. The maximum atomic E-state index is 12.9. The normalized spacial score (nSPS) is 19.1. The Morgan fingerprint density at radius 2 is 1.93 bits per heavy atom. The van der Waals surface area contributed by atoms with Crippen molar-refractivity contribution in [3.63, 3.8) is 0 Å². The molecule has 0 aliphatic carbocycles. The van der Waals surface area contributed by atoms with Gasteiger partial charge in [0.15, 0.2) is 5.16 Å². The predicted molar refractivity (Wildman–Crippen MR) is 109 cm³/mol. The summed E-state index contributed by atoms with van der Waals surface area (Å²) in [6, 6.07) is 0. The molecule has 1 amide bonds. The van der Waals surface area contributed by atoms with Crippen molar-refractivity contribution < 1.29 is 4.79 Å². The number of carbonyl (C=O) groups excluding carboxylic acids is 1. The number of rotatable bonds is 5. The van der Waals surface area contributed by atoms with Crippen LogP contribution in [0.2, 0.25) is 0 Å². The van der Waals surface area contributed by atoms with Gasteiger partial charge in [0, 0.05) is 49.8 Å². The zero-order chi connectivity index (χ0) is 19.7. The van der Waals surface area contributed by atoms with Gasteiger partial charge in [-0.2, -0.15) is 0 Å². The minimum absolute atomic E-state index is 0.221. The Hall–Kier alpha value is -1.96. The Bertz CT molecular complexity index is 857. The van der Waals surface area contributed by atoms with Crippen LogP contribution in [0.15, 0.2) is 5.16 Å². The molecule has 2 aromatic heterocycles. The molecule has 150 valence electrons. The number of aryl methyl sites for hydroxylation is 3. The van der Waals surface area contributed by atoms with E-state index in [1.165, 1.54) is 0 Å². The van der Waals surface area contributed by atoms with Crippen molar-refractivity contribution in [1.82, 2.24) is 29.6 Å². The summed E-state index contributed by atoms with van der Waals surface area (Å²) in [7, 11) is 0. The average molecular weight is 401 g/mol. The van der Waals surface area contributed by atoms with E-state index in [0.717, 1.165) is 79.1 Å². The van der Waals surface area contributed by atoms with Gasteiger partial charge in [0.05, 0.1) is 0 Å². The summed E-state index contributed by atoms with van der Waals surface area (Å²) < 4.78 is 2.27. The summed E-state index contributed by atoms with van der Waals surface area (Å²) in [6.45, 7) is 6.65. The predicted octanol–water partition coefficient (Wildman–Crippen LogP) is 2.69. The zero-order valence-electron chi connectivity index (χ0n) is 16.9. The van der Waals surface area contributed by atoms with Crippen molar-refractivity contribution in [2.45, 2.75) is 70.0 Å². The molecule has 4 heterocycles. The van der Waals surface area contributed by atoms with E-state index in [-0.39, 0.29) is 5.91 Å². The molecule has 0 saturated carbocycles. The molecule has 0 radical (unpaired) electrons. The van der Waals surface area contributed by atoms with Gasteiger partial charge >= 0.3 is 0 Å². The molecule has 1 saturated heterocycles. The first-order valence-corrected chi connectivity index (χ1v) is 11.4. The Labute approximate surface area is 170 Å². The van der Waals surface area contributed by atoms with Crippen molar-refractivity contribution in [1.29, 1.82) is 0 Å². The SMILES string of the molecule is CSc1nc(C)c(CCC(=O)N2CCCC(c3nnc4n3CCC4)C2)c(C)n1. The number of hydrogen-bond acceptors (Lipinski definition) is 6. The number of hydrogen-bond donors (Lipinski definition) is 0. The van der Waals surface area contributed by atoms with E-state index >= 15 is 0 Å². The Morgan fingerprint density at radius 3 is 2.68 bits per heavy atom. The van der Waals surface area contributed by atoms with Gasteiger partial charge in [-0.1, -0.05) is 11.8 Å². The number of carbonyl (C=O) groups is 1. The van der Waals surface area contributed by atoms with Crippen LogP contribution in [-0.2, 0) is 24.2 Å². The molecule has 2 aliphatic heterocycles. The highest BCUT2D eigenvalue weighted by molar-refractivity contribution is 7.98. The lowest BCUT2D eigenvalue weighted by Crippen LogP contribution is -2.40. The highest BCUT2D eigenvalue weighted by Crippen LogP contribution is 2.29. The maximum Gasteiger partial charge on any atom is 0.222 e. The fourth-order valence-electron chi connectivity index (χ4n) is 4.44. The van der Waals surface area contributed by atoms with Gasteiger partial charge in [0.25, 0.3) is 0 Å². The second kappa shape index (κ2) is 8.19. The van der Waals surface area contributed by atoms with Crippen LogP contribution in [0.5, 0.6) is 0 Å². The fraction of sp³-hybridized carbons (Fsp3) is 0.650. The second-order valence-electron chi connectivity index (χ2n) is 7.77. The van der Waals surface area contributed by atoms with E-state index < -0.39 is 0 Å². The molecule has 28 heavy (non-hydrogen) atoms. The van der Waals surface area contributed by atoms with Gasteiger partial charge in [-0.3, -0.25) is 4.79 Å². The Kier molecular flexibility index (Phi) is 5.66. The molecular weight excluding hydrogens is 372 g/mol. The van der Waals surface area contributed by atoms with E-state index in [1.807, 2.05) is 25.0 Å². The van der Waals surface area contributed by atoms with Crippen LogP contribution in [0, 0.1) is 13.8 Å². The molecule has 4 rings (SSSR count). The molecule has 0 bridgehead atoms. The van der Waals surface area contributed by atoms with Gasteiger partial charge in [-0.15, -0.1) is 10.2 Å². The fourth-order valence-corrected chi connectivity index (χ4v) is 4.90. The van der Waals surface area contributed by atoms with Crippen LogP contribution >= 0.6 is 11.8 Å². The first kappa shape index (κ1) is 19.4. The van der Waals surface area contributed by atoms with Crippen LogP contribution in [0.4, 0.5) is 0 Å². The van der Waals surface area contributed by atoms with Crippen LogP contribution in [-0.4, -0.2) is 54.9 Å². The van der Waals surface area contributed by atoms with Gasteiger partial charge in [0.2, 0.25) is 5.91 Å². The third kappa shape index (κ3) is 3.79. The largest absolute Gasteiger partial charge is 0.342 e. The molecule has 2 aliphatic rings. The summed E-state index contributed by atoms with van der Waals surface area (Å²) >= 11 is 1.55. The molecule has 7 nitrogen and oxygen atoms in total. The van der Waals surface area contributed by atoms with E-state index in [0.29, 0.717) is 18.8 Å². The quantitative estimate of drug-likeness (QED) is 0.567. The van der Waals surface area contributed by atoms with E-state index in [2.05, 4.69) is 24.7 Å². The third-order valence-electron chi connectivity index (χ3n) is 5.95. The number of amides is 1. The van der Waals surface area contributed by atoms with Crippen molar-refractivity contribution in [3.8, 4) is 0 Å². The minimum Gasteiger partial charge on any atom is -0.342 e. The smallest absolute Gasteiger partial charge is 0.222 e. The van der Waals surface area contributed by atoms with E-state index in [1.54, 1.807) is 11.8 Å². The average Bonchev–Trinajstić information content (AvgIpc) is 3.30. The summed E-state index contributed by atoms with van der Waals surface area (Å²) in [4.78, 5) is 24.0. The zero-order valence-corrected chi connectivity index (χ0v) is 17.8. The minimum atomic E-state index is 0.221. The second-order valence-corrected chi connectivity index (χ2v) is 8.54. The number of likely N-dealkylation sites (tertiary alicyclic amines) is 1. The summed E-state index contributed by atoms with van der Waals surface area (Å²) in [5, 5.41) is 9.59. The molecule has 1 atom stereocenters. The van der Waals surface area contributed by atoms with Crippen molar-refractivity contribution >= 4 is 17.7 Å². The monoisotopic (exact) mass is 400 g/mol. The van der Waals surface area contributed by atoms with Crippen LogP contribution in [0.1, 0.15) is 60.2 Å². The molecule has 0 aromatic carbocycles. The van der Waals surface area contributed by atoms with Crippen molar-refractivity contribution in [2.24, 2.45) is 0 Å². The number of piperidine rings is 1. The van der Waals surface area contributed by atoms with Crippen molar-refractivity contribution in [2.75, 3.05) is 19.3 Å². The first-order valence-electron chi connectivity index (χ1n) is 10.1. The van der Waals surface area contributed by atoms with Crippen LogP contribution in [0.25, 0.3) is 0 Å². The van der Waals surface area contributed by atoms with Crippen LogP contribution in [0.3, 0.4) is 0 Å². The third-order valence-corrected chi connectivity index (χ3v) is 6.50. The van der Waals surface area contributed by atoms with Gasteiger partial charge in [0.1, 0.15) is 11.6 Å². The topological polar surface area (TPSA) is 76.8 Å². The Balaban J connectivity index is 1.40. The van der Waals surface area contributed by atoms with E-state index in [4.69, 9.17) is 0 Å². The van der Waals surface area contributed by atoms with Gasteiger partial charge < -0.3 is 9.47 Å². The lowest BCUT2D eigenvalue weighted by Gasteiger charge is -2.32. The van der Waals surface area contributed by atoms with Gasteiger partial charge in [-0.05, 0) is 51.3 Å². The number of thioether (sulfide) groups is 1. The van der Waals surface area contributed by atoms with Crippen LogP contribution < -0.4 is 0 Å². The summed E-state index contributed by atoms with van der Waals surface area (Å²) in [5.41, 5.74) is 3.08.